The van der Waals surface area contributed by atoms with Crippen LogP contribution in [0, 0.1) is 32.1 Å². The van der Waals surface area contributed by atoms with Gasteiger partial charge in [-0.3, -0.25) is 34.7 Å². The number of esters is 1. The fourth-order valence-electron chi connectivity index (χ4n) is 7.06. The topological polar surface area (TPSA) is 243 Å². The number of benzene rings is 2. The summed E-state index contributed by atoms with van der Waals surface area (Å²) in [6.45, 7) is 2.66. The molecule has 2 aromatic carbocycles. The molecule has 6 rings (SSSR count). The Kier molecular flexibility index (Phi) is 10.2. The van der Waals surface area contributed by atoms with Crippen molar-refractivity contribution in [3.05, 3.63) is 84.9 Å². The molecule has 2 aromatic rings. The standard InChI is InChI=1S/C33H35N5O13S/c1-16-27-26(17(2)39)31(43)36(27)28(32(44)51-21-9-7-20(8-10-21)38(48)49)29(16)52-22-11-23(30(42)34-13-24(40)25(41)14-34)35(12-22)33(45)50-15-18-3-5-19(6-4-18)37(46)47/h3-10,16-17,22-27,39-41H,11-15H2,1-2H3/t16-,17-,22-,23+,24+,25+,26-,27-/m1/s1. The predicted molar refractivity (Wildman–Crippen MR) is 179 cm³/mol. The number of carbonyl (C=O) groups excluding carboxylic acids is 4. The number of aliphatic hydroxyl groups is 3. The maximum atomic E-state index is 13.8. The first-order valence-electron chi connectivity index (χ1n) is 16.4. The van der Waals surface area contributed by atoms with Crippen LogP contribution in [0.2, 0.25) is 0 Å². The molecular formula is C33H35N5O13S. The Hall–Kier alpha value is -5.11. The third kappa shape index (κ3) is 6.91. The molecular weight excluding hydrogens is 706 g/mol. The summed E-state index contributed by atoms with van der Waals surface area (Å²) in [4.78, 5) is 79.4. The van der Waals surface area contributed by atoms with Crippen LogP contribution in [0.15, 0.2) is 59.1 Å². The van der Waals surface area contributed by atoms with Crippen LogP contribution in [0.25, 0.3) is 0 Å². The van der Waals surface area contributed by atoms with Crippen molar-refractivity contribution in [2.45, 2.75) is 62.5 Å². The highest BCUT2D eigenvalue weighted by molar-refractivity contribution is 8.03. The van der Waals surface area contributed by atoms with E-state index in [9.17, 15) is 54.7 Å². The van der Waals surface area contributed by atoms with Crippen molar-refractivity contribution in [2.75, 3.05) is 19.6 Å². The van der Waals surface area contributed by atoms with Crippen LogP contribution in [0.4, 0.5) is 16.2 Å². The third-order valence-electron chi connectivity index (χ3n) is 9.72. The highest BCUT2D eigenvalue weighted by Gasteiger charge is 2.61. The highest BCUT2D eigenvalue weighted by atomic mass is 32.2. The number of nitro groups is 2. The van der Waals surface area contributed by atoms with E-state index in [1.54, 1.807) is 6.92 Å². The van der Waals surface area contributed by atoms with Gasteiger partial charge in [0.1, 0.15) is 24.1 Å². The summed E-state index contributed by atoms with van der Waals surface area (Å²) >= 11 is 1.18. The van der Waals surface area contributed by atoms with E-state index in [2.05, 4.69) is 0 Å². The minimum Gasteiger partial charge on any atom is -0.445 e. The van der Waals surface area contributed by atoms with Gasteiger partial charge in [0.15, 0.2) is 0 Å². The Labute approximate surface area is 299 Å². The number of nitrogens with zero attached hydrogens (tertiary/aromatic N) is 5. The number of aliphatic hydroxyl groups excluding tert-OH is 3. The monoisotopic (exact) mass is 741 g/mol. The van der Waals surface area contributed by atoms with Gasteiger partial charge in [-0.15, -0.1) is 11.8 Å². The minimum absolute atomic E-state index is 0.00735. The first-order chi connectivity index (χ1) is 24.7. The second-order valence-electron chi connectivity index (χ2n) is 13.1. The molecule has 276 valence electrons. The summed E-state index contributed by atoms with van der Waals surface area (Å²) in [5.74, 6) is -3.21. The number of carbonyl (C=O) groups is 4. The summed E-state index contributed by atoms with van der Waals surface area (Å²) in [5, 5.41) is 52.2. The number of hydrogen-bond donors (Lipinski definition) is 3. The number of nitro benzene ring substituents is 2. The van der Waals surface area contributed by atoms with Gasteiger partial charge in [-0.1, -0.05) is 6.92 Å². The fraction of sp³-hybridized carbons (Fsp3) is 0.455. The van der Waals surface area contributed by atoms with E-state index in [4.69, 9.17) is 9.47 Å². The van der Waals surface area contributed by atoms with Crippen molar-refractivity contribution in [2.24, 2.45) is 11.8 Å². The van der Waals surface area contributed by atoms with Gasteiger partial charge >= 0.3 is 12.1 Å². The van der Waals surface area contributed by atoms with Crippen molar-refractivity contribution >= 4 is 47.0 Å². The maximum Gasteiger partial charge on any atom is 0.410 e. The van der Waals surface area contributed by atoms with Crippen LogP contribution in [0.3, 0.4) is 0 Å². The smallest absolute Gasteiger partial charge is 0.410 e. The molecule has 18 nitrogen and oxygen atoms in total. The van der Waals surface area contributed by atoms with Gasteiger partial charge in [0.2, 0.25) is 11.8 Å². The van der Waals surface area contributed by atoms with Crippen molar-refractivity contribution in [3.8, 4) is 5.75 Å². The first kappa shape index (κ1) is 36.7. The highest BCUT2D eigenvalue weighted by Crippen LogP contribution is 2.52. The first-order valence-corrected chi connectivity index (χ1v) is 17.2. The lowest BCUT2D eigenvalue weighted by Gasteiger charge is -2.46. The van der Waals surface area contributed by atoms with Crippen molar-refractivity contribution in [1.29, 1.82) is 0 Å². The van der Waals surface area contributed by atoms with Gasteiger partial charge in [-0.25, -0.2) is 9.59 Å². The number of β-lactam (4-membered cyclic amide) rings is 1. The van der Waals surface area contributed by atoms with Gasteiger partial charge in [-0.05, 0) is 43.2 Å². The van der Waals surface area contributed by atoms with Crippen LogP contribution in [-0.4, -0.2) is 119 Å². The summed E-state index contributed by atoms with van der Waals surface area (Å²) in [5.41, 5.74) is 0.0192. The quantitative estimate of drug-likeness (QED) is 0.103. The normalized spacial score (nSPS) is 27.3. The van der Waals surface area contributed by atoms with E-state index in [1.807, 2.05) is 0 Å². The Morgan fingerprint density at radius 1 is 0.962 bits per heavy atom. The summed E-state index contributed by atoms with van der Waals surface area (Å²) in [6.07, 6.45) is -4.16. The number of non-ortho nitro benzene ring substituents is 2. The van der Waals surface area contributed by atoms with Gasteiger partial charge in [0.25, 0.3) is 11.4 Å². The lowest BCUT2D eigenvalue weighted by atomic mass is 9.79. The van der Waals surface area contributed by atoms with Crippen LogP contribution in [-0.2, 0) is 25.7 Å². The van der Waals surface area contributed by atoms with Crippen molar-refractivity contribution in [3.63, 3.8) is 0 Å². The molecule has 0 unspecified atom stereocenters. The predicted octanol–water partition coefficient (Wildman–Crippen LogP) is 1.55. The number of ether oxygens (including phenoxy) is 2. The number of rotatable bonds is 10. The molecule has 52 heavy (non-hydrogen) atoms. The second-order valence-corrected chi connectivity index (χ2v) is 14.4. The Morgan fingerprint density at radius 3 is 2.10 bits per heavy atom. The number of thioether (sulfide) groups is 1. The molecule has 8 atom stereocenters. The molecule has 3 N–H and O–H groups in total. The van der Waals surface area contributed by atoms with Gasteiger partial charge in [0.05, 0.1) is 40.1 Å². The average molecular weight is 742 g/mol. The van der Waals surface area contributed by atoms with Gasteiger partial charge in [-0.2, -0.15) is 0 Å². The van der Waals surface area contributed by atoms with Crippen LogP contribution in [0.1, 0.15) is 25.8 Å². The second kappa shape index (κ2) is 14.5. The number of amides is 3. The molecule has 3 amide bonds. The molecule has 3 fully saturated rings. The molecule has 4 heterocycles. The molecule has 0 aliphatic carbocycles. The minimum atomic E-state index is -1.17. The van der Waals surface area contributed by atoms with Crippen LogP contribution >= 0.6 is 11.8 Å². The third-order valence-corrected chi connectivity index (χ3v) is 11.2. The number of fused-ring (bicyclic) bond motifs is 1. The molecule has 0 radical (unpaired) electrons. The SMILES string of the molecule is C[C@@H](O)[C@H]1C(=O)N2C(C(=O)Oc3ccc([N+](=O)[O-])cc3)=C(S[C@@H]3C[C@@H](C(=O)N4C[C@H](O)[C@@H](O)C4)N(C(=O)OCc4ccc([N+](=O)[O-])cc4)C3)[C@H](C)[C@H]12. The average Bonchev–Trinajstić information content (AvgIpc) is 3.75. The fourth-order valence-corrected chi connectivity index (χ4v) is 8.58. The zero-order valence-electron chi connectivity index (χ0n) is 27.8. The molecule has 0 bridgehead atoms. The molecule has 19 heteroatoms. The van der Waals surface area contributed by atoms with E-state index < -0.39 is 81.2 Å². The number of likely N-dealkylation sites (tertiary alicyclic amines) is 2. The van der Waals surface area contributed by atoms with E-state index in [0.29, 0.717) is 10.5 Å². The zero-order valence-corrected chi connectivity index (χ0v) is 28.7. The number of hydrogen-bond acceptors (Lipinski definition) is 14. The molecule has 3 saturated heterocycles. The Balaban J connectivity index is 1.26. The molecule has 4 aliphatic heterocycles. The van der Waals surface area contributed by atoms with Gasteiger partial charge < -0.3 is 34.6 Å². The van der Waals surface area contributed by atoms with E-state index in [0.717, 1.165) is 12.1 Å². The van der Waals surface area contributed by atoms with Gasteiger partial charge in [0, 0.05) is 60.0 Å². The summed E-state index contributed by atoms with van der Waals surface area (Å²) < 4.78 is 11.1. The number of β-amino-alcohol motifs (C(OH)–C–C–N with tert-alkyl or cyclic N) is 2. The van der Waals surface area contributed by atoms with Crippen LogP contribution in [0.5, 0.6) is 5.75 Å². The molecule has 0 spiro atoms. The summed E-state index contributed by atoms with van der Waals surface area (Å²) in [7, 11) is 0. The maximum absolute atomic E-state index is 13.8. The zero-order chi connectivity index (χ0) is 37.6. The van der Waals surface area contributed by atoms with Crippen molar-refractivity contribution in [1.82, 2.24) is 14.7 Å². The lowest BCUT2D eigenvalue weighted by molar-refractivity contribution is -0.385. The molecule has 0 aromatic heterocycles. The van der Waals surface area contributed by atoms with E-state index in [1.165, 1.54) is 69.8 Å². The molecule has 4 aliphatic rings. The molecule has 0 saturated carbocycles. The summed E-state index contributed by atoms with van der Waals surface area (Å²) in [6, 6.07) is 8.53. The Bertz CT molecular complexity index is 1810. The Morgan fingerprint density at radius 2 is 1.54 bits per heavy atom. The van der Waals surface area contributed by atoms with E-state index in [-0.39, 0.29) is 55.5 Å². The van der Waals surface area contributed by atoms with Crippen molar-refractivity contribution < 1.29 is 53.8 Å². The van der Waals surface area contributed by atoms with Crippen LogP contribution < -0.4 is 4.74 Å². The van der Waals surface area contributed by atoms with E-state index >= 15 is 0 Å². The lowest BCUT2D eigenvalue weighted by Crippen LogP contribution is -2.63. The largest absolute Gasteiger partial charge is 0.445 e.